The number of carbonyl (C=O) groups is 1. The van der Waals surface area contributed by atoms with Crippen LogP contribution in [0.3, 0.4) is 0 Å². The summed E-state index contributed by atoms with van der Waals surface area (Å²) >= 11 is 0. The molecule has 23 heavy (non-hydrogen) atoms. The van der Waals surface area contributed by atoms with Gasteiger partial charge < -0.3 is 9.64 Å². The Morgan fingerprint density at radius 3 is 2.48 bits per heavy atom. The van der Waals surface area contributed by atoms with Crippen molar-refractivity contribution in [2.75, 3.05) is 13.1 Å². The number of amides is 1. The minimum absolute atomic E-state index is 0.222. The molecular formula is C18H23F2NO2. The lowest BCUT2D eigenvalue weighted by Crippen LogP contribution is -2.64. The highest BCUT2D eigenvalue weighted by molar-refractivity contribution is 5.69. The lowest BCUT2D eigenvalue weighted by Gasteiger charge is -2.59. The first-order valence-corrected chi connectivity index (χ1v) is 8.08. The molecule has 0 bridgehead atoms. The van der Waals surface area contributed by atoms with E-state index in [4.69, 9.17) is 4.74 Å². The van der Waals surface area contributed by atoms with Crippen LogP contribution in [0.15, 0.2) is 18.2 Å². The van der Waals surface area contributed by atoms with Crippen LogP contribution in [-0.4, -0.2) is 29.7 Å². The second kappa shape index (κ2) is 5.46. The Hall–Kier alpha value is -1.65. The van der Waals surface area contributed by atoms with E-state index in [1.807, 2.05) is 20.8 Å². The van der Waals surface area contributed by atoms with E-state index in [0.717, 1.165) is 37.9 Å². The molecule has 0 radical (unpaired) electrons. The maximum Gasteiger partial charge on any atom is 0.410 e. The Bertz CT molecular complexity index is 610. The van der Waals surface area contributed by atoms with E-state index in [1.165, 1.54) is 12.1 Å². The normalized spacial score (nSPS) is 20.1. The minimum Gasteiger partial charge on any atom is -0.444 e. The third-order valence-electron chi connectivity index (χ3n) is 4.66. The van der Waals surface area contributed by atoms with Gasteiger partial charge in [0.15, 0.2) is 11.6 Å². The summed E-state index contributed by atoms with van der Waals surface area (Å²) in [5, 5.41) is 0. The summed E-state index contributed by atoms with van der Waals surface area (Å²) < 4.78 is 31.5. The van der Waals surface area contributed by atoms with Gasteiger partial charge in [-0.3, -0.25) is 0 Å². The van der Waals surface area contributed by atoms with E-state index in [1.54, 1.807) is 11.0 Å². The van der Waals surface area contributed by atoms with Gasteiger partial charge in [0.05, 0.1) is 0 Å². The molecule has 3 nitrogen and oxygen atoms in total. The van der Waals surface area contributed by atoms with Crippen LogP contribution in [0.4, 0.5) is 13.6 Å². The molecule has 1 saturated heterocycles. The first-order valence-electron chi connectivity index (χ1n) is 8.08. The summed E-state index contributed by atoms with van der Waals surface area (Å²) in [7, 11) is 0. The monoisotopic (exact) mass is 323 g/mol. The van der Waals surface area contributed by atoms with Gasteiger partial charge in [-0.05, 0) is 63.6 Å². The highest BCUT2D eigenvalue weighted by atomic mass is 19.2. The van der Waals surface area contributed by atoms with Gasteiger partial charge in [0.2, 0.25) is 0 Å². The summed E-state index contributed by atoms with van der Waals surface area (Å²) in [5.41, 5.74) is 0.599. The average Bonchev–Trinajstić information content (AvgIpc) is 2.32. The first kappa shape index (κ1) is 16.2. The van der Waals surface area contributed by atoms with Crippen LogP contribution in [0.5, 0.6) is 0 Å². The molecule has 5 heteroatoms. The SMILES string of the molecule is CC(C)(C)OC(=O)N1CC2(CC(Cc3ccc(F)c(F)c3)C2)C1. The molecule has 1 aliphatic carbocycles. The third kappa shape index (κ3) is 3.48. The molecule has 1 amide bonds. The third-order valence-corrected chi connectivity index (χ3v) is 4.66. The molecule has 126 valence electrons. The molecule has 1 spiro atoms. The molecule has 0 N–H and O–H groups in total. The zero-order valence-electron chi connectivity index (χ0n) is 13.9. The number of rotatable bonds is 2. The molecule has 2 fully saturated rings. The van der Waals surface area contributed by atoms with Crippen molar-refractivity contribution in [1.29, 1.82) is 0 Å². The Balaban J connectivity index is 1.45. The molecule has 0 atom stereocenters. The van der Waals surface area contributed by atoms with Crippen LogP contribution in [0.2, 0.25) is 0 Å². The topological polar surface area (TPSA) is 29.5 Å². The summed E-state index contributed by atoms with van der Waals surface area (Å²) in [6.07, 6.45) is 2.59. The highest BCUT2D eigenvalue weighted by Crippen LogP contribution is 2.53. The molecule has 1 aliphatic heterocycles. The van der Waals surface area contributed by atoms with E-state index in [9.17, 15) is 13.6 Å². The molecule has 2 aliphatic rings. The van der Waals surface area contributed by atoms with Crippen molar-refractivity contribution in [3.05, 3.63) is 35.4 Å². The van der Waals surface area contributed by atoms with Crippen LogP contribution in [0.1, 0.15) is 39.2 Å². The van der Waals surface area contributed by atoms with Crippen LogP contribution < -0.4 is 0 Å². The number of benzene rings is 1. The fourth-order valence-corrected chi connectivity index (χ4v) is 3.79. The summed E-state index contributed by atoms with van der Waals surface area (Å²) in [4.78, 5) is 13.7. The van der Waals surface area contributed by atoms with Gasteiger partial charge in [-0.15, -0.1) is 0 Å². The van der Waals surface area contributed by atoms with Crippen LogP contribution >= 0.6 is 0 Å². The van der Waals surface area contributed by atoms with E-state index in [2.05, 4.69) is 0 Å². The van der Waals surface area contributed by atoms with Gasteiger partial charge in [0.1, 0.15) is 5.60 Å². The van der Waals surface area contributed by atoms with Gasteiger partial charge in [-0.2, -0.15) is 0 Å². The number of halogens is 2. The average molecular weight is 323 g/mol. The van der Waals surface area contributed by atoms with Gasteiger partial charge in [-0.1, -0.05) is 6.07 Å². The van der Waals surface area contributed by atoms with Crippen molar-refractivity contribution in [3.8, 4) is 0 Å². The summed E-state index contributed by atoms with van der Waals surface area (Å²) in [5.74, 6) is -1.09. The molecule has 1 saturated carbocycles. The van der Waals surface area contributed by atoms with Crippen molar-refractivity contribution < 1.29 is 18.3 Å². The highest BCUT2D eigenvalue weighted by Gasteiger charge is 2.54. The Morgan fingerprint density at radius 2 is 1.91 bits per heavy atom. The number of hydrogen-bond donors (Lipinski definition) is 0. The Morgan fingerprint density at radius 1 is 1.26 bits per heavy atom. The number of hydrogen-bond acceptors (Lipinski definition) is 2. The van der Waals surface area contributed by atoms with Crippen molar-refractivity contribution in [3.63, 3.8) is 0 Å². The standard InChI is InChI=1S/C18H23F2NO2/c1-17(2,3)23-16(22)21-10-18(11-21)8-13(9-18)6-12-4-5-14(19)15(20)7-12/h4-5,7,13H,6,8-11H2,1-3H3. The lowest BCUT2D eigenvalue weighted by molar-refractivity contribution is -0.0947. The molecular weight excluding hydrogens is 300 g/mol. The molecule has 1 heterocycles. The predicted molar refractivity (Wildman–Crippen MR) is 83.0 cm³/mol. The second-order valence-corrected chi connectivity index (χ2v) is 8.06. The first-order chi connectivity index (χ1) is 10.7. The van der Waals surface area contributed by atoms with E-state index < -0.39 is 17.2 Å². The van der Waals surface area contributed by atoms with E-state index in [0.29, 0.717) is 5.92 Å². The number of likely N-dealkylation sites (tertiary alicyclic amines) is 1. The maximum absolute atomic E-state index is 13.2. The molecule has 0 unspecified atom stereocenters. The Labute approximate surface area is 135 Å². The van der Waals surface area contributed by atoms with Crippen LogP contribution in [0.25, 0.3) is 0 Å². The minimum atomic E-state index is -0.800. The molecule has 1 aromatic carbocycles. The largest absolute Gasteiger partial charge is 0.444 e. The molecule has 3 rings (SSSR count). The fourth-order valence-electron chi connectivity index (χ4n) is 3.79. The molecule has 1 aromatic rings. The summed E-state index contributed by atoms with van der Waals surface area (Å²) in [6.45, 7) is 7.08. The van der Waals surface area contributed by atoms with Crippen molar-refractivity contribution in [1.82, 2.24) is 4.90 Å². The quantitative estimate of drug-likeness (QED) is 0.818. The van der Waals surface area contributed by atoms with Crippen molar-refractivity contribution in [2.24, 2.45) is 11.3 Å². The van der Waals surface area contributed by atoms with Crippen molar-refractivity contribution >= 4 is 6.09 Å². The predicted octanol–water partition coefficient (Wildman–Crippen LogP) is 4.15. The Kier molecular flexibility index (Phi) is 3.85. The fraction of sp³-hybridized carbons (Fsp3) is 0.611. The lowest BCUT2D eigenvalue weighted by atomic mass is 9.56. The van der Waals surface area contributed by atoms with E-state index in [-0.39, 0.29) is 11.5 Å². The number of nitrogens with zero attached hydrogens (tertiary/aromatic N) is 1. The van der Waals surface area contributed by atoms with Gasteiger partial charge in [-0.25, -0.2) is 13.6 Å². The number of carbonyl (C=O) groups excluding carboxylic acids is 1. The maximum atomic E-state index is 13.2. The zero-order valence-corrected chi connectivity index (χ0v) is 13.9. The van der Waals surface area contributed by atoms with E-state index >= 15 is 0 Å². The second-order valence-electron chi connectivity index (χ2n) is 8.06. The zero-order chi connectivity index (χ0) is 16.8. The number of ether oxygens (including phenoxy) is 1. The van der Waals surface area contributed by atoms with Gasteiger partial charge in [0, 0.05) is 18.5 Å². The molecule has 0 aromatic heterocycles. The van der Waals surface area contributed by atoms with Crippen LogP contribution in [0, 0.1) is 23.0 Å². The smallest absolute Gasteiger partial charge is 0.410 e. The van der Waals surface area contributed by atoms with Gasteiger partial charge >= 0.3 is 6.09 Å². The summed E-state index contributed by atoms with van der Waals surface area (Å²) in [6, 6.07) is 4.12. The van der Waals surface area contributed by atoms with Crippen molar-refractivity contribution in [2.45, 2.75) is 45.6 Å². The van der Waals surface area contributed by atoms with Gasteiger partial charge in [0.25, 0.3) is 0 Å². The van der Waals surface area contributed by atoms with Crippen LogP contribution in [-0.2, 0) is 11.2 Å².